The van der Waals surface area contributed by atoms with Crippen LogP contribution in [-0.2, 0) is 0 Å². The van der Waals surface area contributed by atoms with Crippen molar-refractivity contribution >= 4 is 22.8 Å². The number of anilines is 3. The van der Waals surface area contributed by atoms with Gasteiger partial charge in [0, 0.05) is 16.9 Å². The zero-order chi connectivity index (χ0) is 14.0. The lowest BCUT2D eigenvalue weighted by Gasteiger charge is -2.10. The van der Waals surface area contributed by atoms with E-state index >= 15 is 0 Å². The lowest BCUT2D eigenvalue weighted by atomic mass is 10.1. The van der Waals surface area contributed by atoms with Crippen LogP contribution in [0.5, 0.6) is 0 Å². The van der Waals surface area contributed by atoms with Crippen LogP contribution in [0.1, 0.15) is 22.8 Å². The first-order valence-corrected chi connectivity index (χ1v) is 5.91. The Hall–Kier alpha value is -2.36. The highest BCUT2D eigenvalue weighted by Gasteiger charge is 2.07. The number of nitrogens with two attached hydrogens (primary N) is 1. The van der Waals surface area contributed by atoms with E-state index in [0.717, 1.165) is 5.56 Å². The second kappa shape index (κ2) is 5.10. The lowest BCUT2D eigenvalue weighted by molar-refractivity contribution is 0.101. The molecule has 0 atom stereocenters. The topological polar surface area (TPSA) is 55.1 Å². The Kier molecular flexibility index (Phi) is 3.51. The molecule has 0 bridgehead atoms. The summed E-state index contributed by atoms with van der Waals surface area (Å²) in [6, 6.07) is 9.89. The Bertz CT molecular complexity index is 638. The van der Waals surface area contributed by atoms with Gasteiger partial charge in [-0.2, -0.15) is 0 Å². The summed E-state index contributed by atoms with van der Waals surface area (Å²) in [4.78, 5) is 11.4. The number of hydrogen-bond acceptors (Lipinski definition) is 3. The molecule has 0 fully saturated rings. The highest BCUT2D eigenvalue weighted by Crippen LogP contribution is 2.24. The molecule has 19 heavy (non-hydrogen) atoms. The number of rotatable bonds is 3. The van der Waals surface area contributed by atoms with Crippen LogP contribution in [0, 0.1) is 12.7 Å². The minimum Gasteiger partial charge on any atom is -0.398 e. The summed E-state index contributed by atoms with van der Waals surface area (Å²) in [6.45, 7) is 3.27. The minimum absolute atomic E-state index is 0.120. The maximum absolute atomic E-state index is 13.7. The van der Waals surface area contributed by atoms with E-state index in [-0.39, 0.29) is 11.6 Å². The Balaban J connectivity index is 2.33. The van der Waals surface area contributed by atoms with Crippen molar-refractivity contribution in [2.24, 2.45) is 0 Å². The molecule has 0 aliphatic rings. The molecule has 0 unspecified atom stereocenters. The van der Waals surface area contributed by atoms with Gasteiger partial charge in [0.2, 0.25) is 0 Å². The number of nitrogens with one attached hydrogen (secondary N) is 1. The van der Waals surface area contributed by atoms with Gasteiger partial charge in [-0.15, -0.1) is 0 Å². The second-order valence-corrected chi connectivity index (χ2v) is 4.47. The van der Waals surface area contributed by atoms with Crippen LogP contribution in [-0.4, -0.2) is 5.78 Å². The monoisotopic (exact) mass is 258 g/mol. The minimum atomic E-state index is -0.332. The molecule has 4 heteroatoms. The first kappa shape index (κ1) is 13.1. The van der Waals surface area contributed by atoms with Gasteiger partial charge in [-0.25, -0.2) is 4.39 Å². The van der Waals surface area contributed by atoms with Gasteiger partial charge in [0.05, 0.1) is 5.69 Å². The van der Waals surface area contributed by atoms with Crippen LogP contribution >= 0.6 is 0 Å². The van der Waals surface area contributed by atoms with Crippen molar-refractivity contribution in [1.82, 2.24) is 0 Å². The molecule has 3 N–H and O–H groups in total. The maximum Gasteiger partial charge on any atom is 0.161 e. The Morgan fingerprint density at radius 3 is 2.58 bits per heavy atom. The van der Waals surface area contributed by atoms with Crippen molar-refractivity contribution in [1.29, 1.82) is 0 Å². The zero-order valence-corrected chi connectivity index (χ0v) is 10.8. The number of Topliss-reactive ketones (excluding diaryl/α,β-unsaturated/α-hetero) is 1. The molecule has 98 valence electrons. The molecule has 0 saturated carbocycles. The number of nitrogen functional groups attached to an aromatic ring is 1. The summed E-state index contributed by atoms with van der Waals surface area (Å²) in [7, 11) is 0. The Morgan fingerprint density at radius 2 is 1.95 bits per heavy atom. The standard InChI is InChI=1S/C15H15FN2O/c1-9-3-6-15(13(16)7-9)18-11-4-5-14(17)12(8-11)10(2)19/h3-8,18H,17H2,1-2H3. The van der Waals surface area contributed by atoms with Crippen molar-refractivity contribution in [3.05, 3.63) is 53.3 Å². The van der Waals surface area contributed by atoms with Gasteiger partial charge >= 0.3 is 0 Å². The van der Waals surface area contributed by atoms with Crippen molar-refractivity contribution in [3.63, 3.8) is 0 Å². The number of benzene rings is 2. The number of aryl methyl sites for hydroxylation is 1. The molecule has 2 aromatic carbocycles. The largest absolute Gasteiger partial charge is 0.398 e. The molecule has 2 aromatic rings. The van der Waals surface area contributed by atoms with Gasteiger partial charge in [0.1, 0.15) is 5.82 Å². The van der Waals surface area contributed by atoms with Crippen LogP contribution in [0.2, 0.25) is 0 Å². The van der Waals surface area contributed by atoms with Gasteiger partial charge in [-0.1, -0.05) is 6.07 Å². The average Bonchev–Trinajstić information content (AvgIpc) is 2.34. The normalized spacial score (nSPS) is 10.3. The van der Waals surface area contributed by atoms with Crippen LogP contribution in [0.4, 0.5) is 21.5 Å². The summed E-state index contributed by atoms with van der Waals surface area (Å²) >= 11 is 0. The van der Waals surface area contributed by atoms with E-state index in [1.165, 1.54) is 13.0 Å². The van der Waals surface area contributed by atoms with E-state index in [1.54, 1.807) is 24.3 Å². The Morgan fingerprint density at radius 1 is 1.21 bits per heavy atom. The molecule has 0 aliphatic heterocycles. The first-order chi connectivity index (χ1) is 8.97. The molecular formula is C15H15FN2O. The third-order valence-corrected chi connectivity index (χ3v) is 2.84. The van der Waals surface area contributed by atoms with Gasteiger partial charge in [0.15, 0.2) is 5.78 Å². The highest BCUT2D eigenvalue weighted by atomic mass is 19.1. The predicted octanol–water partition coefficient (Wildman–Crippen LogP) is 3.66. The molecule has 0 aliphatic carbocycles. The fraction of sp³-hybridized carbons (Fsp3) is 0.133. The maximum atomic E-state index is 13.7. The van der Waals surface area contributed by atoms with Crippen LogP contribution in [0.25, 0.3) is 0 Å². The number of halogens is 1. The summed E-state index contributed by atoms with van der Waals surface area (Å²) < 4.78 is 13.7. The summed E-state index contributed by atoms with van der Waals surface area (Å²) in [5.74, 6) is -0.452. The average molecular weight is 258 g/mol. The van der Waals surface area contributed by atoms with E-state index < -0.39 is 0 Å². The van der Waals surface area contributed by atoms with Gasteiger partial charge in [-0.3, -0.25) is 4.79 Å². The van der Waals surface area contributed by atoms with E-state index in [9.17, 15) is 9.18 Å². The van der Waals surface area contributed by atoms with E-state index in [0.29, 0.717) is 22.6 Å². The zero-order valence-electron chi connectivity index (χ0n) is 10.8. The van der Waals surface area contributed by atoms with E-state index in [2.05, 4.69) is 5.32 Å². The SMILES string of the molecule is CC(=O)c1cc(Nc2ccc(C)cc2F)ccc1N. The number of hydrogen-bond donors (Lipinski definition) is 2. The van der Waals surface area contributed by atoms with Gasteiger partial charge in [0.25, 0.3) is 0 Å². The van der Waals surface area contributed by atoms with Crippen LogP contribution < -0.4 is 11.1 Å². The molecule has 0 saturated heterocycles. The van der Waals surface area contributed by atoms with Crippen LogP contribution in [0.3, 0.4) is 0 Å². The summed E-state index contributed by atoms with van der Waals surface area (Å²) in [6.07, 6.45) is 0. The predicted molar refractivity (Wildman–Crippen MR) is 75.3 cm³/mol. The molecule has 0 spiro atoms. The number of carbonyl (C=O) groups excluding carboxylic acids is 1. The molecule has 2 rings (SSSR count). The molecule has 0 amide bonds. The lowest BCUT2D eigenvalue weighted by Crippen LogP contribution is -2.01. The summed E-state index contributed by atoms with van der Waals surface area (Å²) in [5, 5.41) is 2.94. The fourth-order valence-corrected chi connectivity index (χ4v) is 1.82. The second-order valence-electron chi connectivity index (χ2n) is 4.47. The molecule has 3 nitrogen and oxygen atoms in total. The number of ketones is 1. The fourth-order valence-electron chi connectivity index (χ4n) is 1.82. The third-order valence-electron chi connectivity index (χ3n) is 2.84. The molecular weight excluding hydrogens is 243 g/mol. The molecule has 0 heterocycles. The van der Waals surface area contributed by atoms with Crippen molar-refractivity contribution < 1.29 is 9.18 Å². The van der Waals surface area contributed by atoms with Gasteiger partial charge in [-0.05, 0) is 49.7 Å². The quantitative estimate of drug-likeness (QED) is 0.652. The summed E-state index contributed by atoms with van der Waals surface area (Å²) in [5.41, 5.74) is 8.40. The van der Waals surface area contributed by atoms with E-state index in [4.69, 9.17) is 5.73 Å². The van der Waals surface area contributed by atoms with Crippen molar-refractivity contribution in [3.8, 4) is 0 Å². The van der Waals surface area contributed by atoms with Crippen LogP contribution in [0.15, 0.2) is 36.4 Å². The molecule has 0 radical (unpaired) electrons. The third kappa shape index (κ3) is 2.91. The van der Waals surface area contributed by atoms with Gasteiger partial charge < -0.3 is 11.1 Å². The highest BCUT2D eigenvalue weighted by molar-refractivity contribution is 6.00. The van der Waals surface area contributed by atoms with Crippen molar-refractivity contribution in [2.45, 2.75) is 13.8 Å². The first-order valence-electron chi connectivity index (χ1n) is 5.91. The Labute approximate surface area is 111 Å². The molecule has 0 aromatic heterocycles. The number of carbonyl (C=O) groups is 1. The smallest absolute Gasteiger partial charge is 0.161 e. The van der Waals surface area contributed by atoms with E-state index in [1.807, 2.05) is 13.0 Å². The van der Waals surface area contributed by atoms with Crippen molar-refractivity contribution in [2.75, 3.05) is 11.1 Å².